The second-order valence-corrected chi connectivity index (χ2v) is 11.2. The van der Waals surface area contributed by atoms with Gasteiger partial charge in [-0.1, -0.05) is 68.4 Å². The van der Waals surface area contributed by atoms with Crippen LogP contribution in [0.4, 0.5) is 0 Å². The number of carbonyl (C=O) groups is 2. The van der Waals surface area contributed by atoms with Crippen LogP contribution in [-0.4, -0.2) is 44.9 Å². The summed E-state index contributed by atoms with van der Waals surface area (Å²) in [5.74, 6) is 1.13. The van der Waals surface area contributed by atoms with Crippen molar-refractivity contribution >= 4 is 22.8 Å². The Labute approximate surface area is 226 Å². The van der Waals surface area contributed by atoms with Crippen LogP contribution < -0.4 is 5.32 Å². The number of rotatable bonds is 9. The summed E-state index contributed by atoms with van der Waals surface area (Å²) in [6, 6.07) is 16.6. The summed E-state index contributed by atoms with van der Waals surface area (Å²) in [5, 5.41) is 3.04. The number of imidazole rings is 1. The zero-order chi connectivity index (χ0) is 26.3. The molecule has 2 amide bonds. The van der Waals surface area contributed by atoms with Gasteiger partial charge < -0.3 is 14.8 Å². The highest BCUT2D eigenvalue weighted by Gasteiger charge is 2.33. The Bertz CT molecular complexity index is 1220. The Hall–Kier alpha value is -3.15. The normalized spacial score (nSPS) is 17.0. The van der Waals surface area contributed by atoms with E-state index >= 15 is 0 Å². The summed E-state index contributed by atoms with van der Waals surface area (Å²) in [4.78, 5) is 33.8. The first kappa shape index (κ1) is 26.5. The minimum Gasteiger partial charge on any atom is -0.352 e. The molecule has 0 aliphatic heterocycles. The molecule has 0 saturated heterocycles. The summed E-state index contributed by atoms with van der Waals surface area (Å²) < 4.78 is 2.14. The van der Waals surface area contributed by atoms with Gasteiger partial charge in [0, 0.05) is 30.6 Å². The highest BCUT2D eigenvalue weighted by Crippen LogP contribution is 2.31. The van der Waals surface area contributed by atoms with Gasteiger partial charge in [-0.2, -0.15) is 0 Å². The molecule has 5 rings (SSSR count). The standard InChI is InChI=1S/C32H42N4O2/c1-24-12-10-13-25(22-24)32(38)33-21-11-20-30-34-28-18-8-9-19-29(28)35(30)23-31(37)36(26-14-4-2-5-15-26)27-16-6-3-7-17-27/h8-10,12-13,18-19,22,26-27H,2-7,11,14-17,20-21,23H2,1H3,(H,33,38). The molecule has 6 nitrogen and oxygen atoms in total. The number of aromatic nitrogens is 2. The molecule has 1 aromatic heterocycles. The maximum absolute atomic E-state index is 14.0. The molecule has 1 N–H and O–H groups in total. The Morgan fingerprint density at radius 3 is 2.29 bits per heavy atom. The lowest BCUT2D eigenvalue weighted by molar-refractivity contribution is -0.138. The molecule has 2 fully saturated rings. The van der Waals surface area contributed by atoms with Crippen molar-refractivity contribution in [3.63, 3.8) is 0 Å². The first-order valence-corrected chi connectivity index (χ1v) is 14.7. The number of benzene rings is 2. The van der Waals surface area contributed by atoms with E-state index < -0.39 is 0 Å². The first-order valence-electron chi connectivity index (χ1n) is 14.7. The zero-order valence-electron chi connectivity index (χ0n) is 22.8. The molecule has 1 heterocycles. The third-order valence-electron chi connectivity index (χ3n) is 8.39. The zero-order valence-corrected chi connectivity index (χ0v) is 22.8. The van der Waals surface area contributed by atoms with Gasteiger partial charge >= 0.3 is 0 Å². The SMILES string of the molecule is Cc1cccc(C(=O)NCCCc2nc3ccccc3n2CC(=O)N(C2CCCCC2)C2CCCCC2)c1. The van der Waals surface area contributed by atoms with E-state index in [-0.39, 0.29) is 11.8 Å². The Kier molecular flexibility index (Phi) is 8.77. The van der Waals surface area contributed by atoms with E-state index in [9.17, 15) is 9.59 Å². The average Bonchev–Trinajstić information content (AvgIpc) is 3.29. The van der Waals surface area contributed by atoms with Gasteiger partial charge in [0.05, 0.1) is 11.0 Å². The fourth-order valence-corrected chi connectivity index (χ4v) is 6.47. The number of para-hydroxylation sites is 2. The third kappa shape index (κ3) is 6.28. The highest BCUT2D eigenvalue weighted by atomic mass is 16.2. The Morgan fingerprint density at radius 1 is 0.921 bits per heavy atom. The van der Waals surface area contributed by atoms with Gasteiger partial charge in [-0.15, -0.1) is 0 Å². The molecule has 38 heavy (non-hydrogen) atoms. The molecule has 0 atom stereocenters. The number of fused-ring (bicyclic) bond motifs is 1. The molecular weight excluding hydrogens is 472 g/mol. The summed E-state index contributed by atoms with van der Waals surface area (Å²) in [7, 11) is 0. The topological polar surface area (TPSA) is 67.2 Å². The lowest BCUT2D eigenvalue weighted by Crippen LogP contribution is -2.50. The van der Waals surface area contributed by atoms with Gasteiger partial charge in [-0.25, -0.2) is 4.98 Å². The summed E-state index contributed by atoms with van der Waals surface area (Å²) in [6.07, 6.45) is 13.5. The second-order valence-electron chi connectivity index (χ2n) is 11.2. The van der Waals surface area contributed by atoms with Crippen molar-refractivity contribution in [3.05, 3.63) is 65.5 Å². The number of amides is 2. The lowest BCUT2D eigenvalue weighted by atomic mass is 9.88. The van der Waals surface area contributed by atoms with Gasteiger partial charge in [0.15, 0.2) is 0 Å². The number of hydrogen-bond acceptors (Lipinski definition) is 3. The Morgan fingerprint density at radius 2 is 1.61 bits per heavy atom. The number of nitrogens with zero attached hydrogens (tertiary/aromatic N) is 3. The maximum atomic E-state index is 14.0. The van der Waals surface area contributed by atoms with Crippen LogP contribution in [0.2, 0.25) is 0 Å². The molecule has 2 aromatic carbocycles. The van der Waals surface area contributed by atoms with Crippen LogP contribution in [-0.2, 0) is 17.8 Å². The van der Waals surface area contributed by atoms with E-state index in [0.29, 0.717) is 37.2 Å². The van der Waals surface area contributed by atoms with Crippen molar-refractivity contribution in [2.45, 2.75) is 103 Å². The quantitative estimate of drug-likeness (QED) is 0.346. The van der Waals surface area contributed by atoms with Crippen molar-refractivity contribution in [3.8, 4) is 0 Å². The lowest BCUT2D eigenvalue weighted by Gasteiger charge is -2.42. The molecule has 202 valence electrons. The van der Waals surface area contributed by atoms with Gasteiger partial charge in [0.25, 0.3) is 5.91 Å². The van der Waals surface area contributed by atoms with E-state index in [1.807, 2.05) is 49.4 Å². The Balaban J connectivity index is 1.29. The molecule has 2 aliphatic rings. The largest absolute Gasteiger partial charge is 0.352 e. The van der Waals surface area contributed by atoms with Gasteiger partial charge in [-0.05, 0) is 63.3 Å². The maximum Gasteiger partial charge on any atom is 0.251 e. The van der Waals surface area contributed by atoms with E-state index in [1.165, 1.54) is 38.5 Å². The fraction of sp³-hybridized carbons (Fsp3) is 0.531. The molecule has 0 radical (unpaired) electrons. The van der Waals surface area contributed by atoms with Crippen LogP contribution in [0.25, 0.3) is 11.0 Å². The van der Waals surface area contributed by atoms with E-state index in [1.54, 1.807) is 0 Å². The number of nitrogens with one attached hydrogen (secondary N) is 1. The smallest absolute Gasteiger partial charge is 0.251 e. The minimum atomic E-state index is -0.0482. The number of aryl methyl sites for hydroxylation is 2. The summed E-state index contributed by atoms with van der Waals surface area (Å²) in [5.41, 5.74) is 3.72. The number of hydrogen-bond donors (Lipinski definition) is 1. The van der Waals surface area contributed by atoms with Crippen LogP contribution in [0.1, 0.15) is 92.4 Å². The monoisotopic (exact) mass is 514 g/mol. The molecule has 6 heteroatoms. The highest BCUT2D eigenvalue weighted by molar-refractivity contribution is 5.94. The van der Waals surface area contributed by atoms with Crippen LogP contribution in [0.5, 0.6) is 0 Å². The summed E-state index contributed by atoms with van der Waals surface area (Å²) in [6.45, 7) is 2.91. The van der Waals surface area contributed by atoms with Crippen molar-refractivity contribution in [1.82, 2.24) is 19.8 Å². The van der Waals surface area contributed by atoms with Gasteiger partial charge in [0.1, 0.15) is 12.4 Å². The van der Waals surface area contributed by atoms with E-state index in [2.05, 4.69) is 20.9 Å². The summed E-state index contributed by atoms with van der Waals surface area (Å²) >= 11 is 0. The fourth-order valence-electron chi connectivity index (χ4n) is 6.47. The minimum absolute atomic E-state index is 0.0482. The molecule has 2 aliphatic carbocycles. The van der Waals surface area contributed by atoms with E-state index in [0.717, 1.165) is 54.5 Å². The van der Waals surface area contributed by atoms with Gasteiger partial charge in [0.2, 0.25) is 5.91 Å². The van der Waals surface area contributed by atoms with Crippen molar-refractivity contribution in [2.24, 2.45) is 0 Å². The van der Waals surface area contributed by atoms with Crippen LogP contribution >= 0.6 is 0 Å². The van der Waals surface area contributed by atoms with Crippen molar-refractivity contribution in [1.29, 1.82) is 0 Å². The van der Waals surface area contributed by atoms with E-state index in [4.69, 9.17) is 4.98 Å². The molecule has 2 saturated carbocycles. The van der Waals surface area contributed by atoms with Crippen LogP contribution in [0.3, 0.4) is 0 Å². The number of carbonyl (C=O) groups excluding carboxylic acids is 2. The van der Waals surface area contributed by atoms with Crippen molar-refractivity contribution < 1.29 is 9.59 Å². The molecular formula is C32H42N4O2. The predicted molar refractivity (Wildman–Crippen MR) is 152 cm³/mol. The second kappa shape index (κ2) is 12.6. The van der Waals surface area contributed by atoms with Crippen LogP contribution in [0, 0.1) is 6.92 Å². The molecule has 0 spiro atoms. The molecule has 0 bridgehead atoms. The average molecular weight is 515 g/mol. The van der Waals surface area contributed by atoms with Gasteiger partial charge in [-0.3, -0.25) is 9.59 Å². The molecule has 0 unspecified atom stereocenters. The van der Waals surface area contributed by atoms with Crippen LogP contribution in [0.15, 0.2) is 48.5 Å². The third-order valence-corrected chi connectivity index (χ3v) is 8.39. The predicted octanol–water partition coefficient (Wildman–Crippen LogP) is 6.20. The van der Waals surface area contributed by atoms with Crippen molar-refractivity contribution in [2.75, 3.05) is 6.54 Å². The molecule has 3 aromatic rings. The first-order chi connectivity index (χ1) is 18.6.